The van der Waals surface area contributed by atoms with Crippen molar-refractivity contribution in [1.29, 1.82) is 0 Å². The maximum atomic E-state index is 13.5. The Morgan fingerprint density at radius 2 is 2.08 bits per heavy atom. The molecule has 1 unspecified atom stereocenters. The normalized spacial score (nSPS) is 13.2. The van der Waals surface area contributed by atoms with Crippen LogP contribution in [0, 0.1) is 0 Å². The number of H-pyrrole nitrogens is 1. The second-order valence-corrected chi connectivity index (χ2v) is 8.13. The van der Waals surface area contributed by atoms with Crippen LogP contribution in [-0.2, 0) is 22.0 Å². The van der Waals surface area contributed by atoms with E-state index >= 15 is 0 Å². The van der Waals surface area contributed by atoms with Crippen molar-refractivity contribution in [2.75, 3.05) is 6.26 Å². The number of fused-ring (bicyclic) bond motifs is 1. The first-order valence-electron chi connectivity index (χ1n) is 7.61. The number of benzene rings is 1. The standard InChI is InChI=1S/C16H17FN4O3S/c1-10(17)7-15-19-14(9-25(2,23)24)20-21(15)12-3-4-13-11(8-12)5-6-18-16(13)22/h3-6,8,10H,7,9H2,1-2H3,(H,18,22). The van der Waals surface area contributed by atoms with E-state index in [1.54, 1.807) is 24.3 Å². The minimum atomic E-state index is -3.31. The van der Waals surface area contributed by atoms with Crippen LogP contribution < -0.4 is 5.56 Å². The first-order chi connectivity index (χ1) is 11.7. The molecular weight excluding hydrogens is 347 g/mol. The summed E-state index contributed by atoms with van der Waals surface area (Å²) < 4.78 is 37.9. The molecule has 0 saturated heterocycles. The van der Waals surface area contributed by atoms with E-state index in [9.17, 15) is 17.6 Å². The molecule has 2 aromatic heterocycles. The Balaban J connectivity index is 2.12. The van der Waals surface area contributed by atoms with Gasteiger partial charge >= 0.3 is 0 Å². The summed E-state index contributed by atoms with van der Waals surface area (Å²) in [6, 6.07) is 6.79. The molecule has 25 heavy (non-hydrogen) atoms. The second-order valence-electron chi connectivity index (χ2n) is 5.99. The van der Waals surface area contributed by atoms with Crippen LogP contribution in [0.2, 0.25) is 0 Å². The number of hydrogen-bond donors (Lipinski definition) is 1. The molecule has 0 aliphatic carbocycles. The van der Waals surface area contributed by atoms with Gasteiger partial charge in [0.1, 0.15) is 17.7 Å². The predicted octanol–water partition coefficient (Wildman–Crippen LogP) is 1.55. The lowest BCUT2D eigenvalue weighted by Crippen LogP contribution is -2.09. The van der Waals surface area contributed by atoms with Crippen LogP contribution in [0.25, 0.3) is 16.5 Å². The summed E-state index contributed by atoms with van der Waals surface area (Å²) >= 11 is 0. The highest BCUT2D eigenvalue weighted by Crippen LogP contribution is 2.18. The molecule has 1 atom stereocenters. The number of pyridine rings is 1. The van der Waals surface area contributed by atoms with Crippen LogP contribution in [0.3, 0.4) is 0 Å². The van der Waals surface area contributed by atoms with Gasteiger partial charge < -0.3 is 4.98 Å². The zero-order valence-corrected chi connectivity index (χ0v) is 14.5. The van der Waals surface area contributed by atoms with E-state index in [4.69, 9.17) is 0 Å². The van der Waals surface area contributed by atoms with E-state index in [0.717, 1.165) is 6.26 Å². The zero-order chi connectivity index (χ0) is 18.2. The van der Waals surface area contributed by atoms with Gasteiger partial charge in [-0.2, -0.15) is 0 Å². The second kappa shape index (κ2) is 6.40. The number of alkyl halides is 1. The maximum absolute atomic E-state index is 13.5. The van der Waals surface area contributed by atoms with E-state index < -0.39 is 16.0 Å². The molecule has 9 heteroatoms. The smallest absolute Gasteiger partial charge is 0.255 e. The van der Waals surface area contributed by atoms with E-state index in [0.29, 0.717) is 22.3 Å². The van der Waals surface area contributed by atoms with Gasteiger partial charge in [0.25, 0.3) is 5.56 Å². The molecule has 0 aliphatic heterocycles. The molecule has 0 bridgehead atoms. The molecule has 0 spiro atoms. The molecule has 0 fully saturated rings. The quantitative estimate of drug-likeness (QED) is 0.741. The number of rotatable bonds is 5. The summed E-state index contributed by atoms with van der Waals surface area (Å²) in [5.41, 5.74) is 0.374. The number of hydrogen-bond acceptors (Lipinski definition) is 5. The number of sulfone groups is 1. The molecule has 0 saturated carbocycles. The van der Waals surface area contributed by atoms with Crippen molar-refractivity contribution in [1.82, 2.24) is 19.7 Å². The topological polar surface area (TPSA) is 97.7 Å². The van der Waals surface area contributed by atoms with Crippen LogP contribution in [0.15, 0.2) is 35.3 Å². The lowest BCUT2D eigenvalue weighted by molar-refractivity contribution is 0.352. The van der Waals surface area contributed by atoms with Crippen LogP contribution in [0.5, 0.6) is 0 Å². The first-order valence-corrected chi connectivity index (χ1v) is 9.67. The highest BCUT2D eigenvalue weighted by molar-refractivity contribution is 7.89. The van der Waals surface area contributed by atoms with Gasteiger partial charge in [-0.15, -0.1) is 5.10 Å². The van der Waals surface area contributed by atoms with Gasteiger partial charge in [-0.05, 0) is 36.6 Å². The molecule has 1 N–H and O–H groups in total. The molecule has 7 nitrogen and oxygen atoms in total. The van der Waals surface area contributed by atoms with Gasteiger partial charge in [0.15, 0.2) is 15.7 Å². The van der Waals surface area contributed by atoms with E-state index in [2.05, 4.69) is 15.1 Å². The third-order valence-corrected chi connectivity index (χ3v) is 4.36. The van der Waals surface area contributed by atoms with Gasteiger partial charge in [-0.3, -0.25) is 4.79 Å². The van der Waals surface area contributed by atoms with Gasteiger partial charge in [-0.25, -0.2) is 22.5 Å². The lowest BCUT2D eigenvalue weighted by Gasteiger charge is -2.07. The fourth-order valence-corrected chi connectivity index (χ4v) is 3.18. The van der Waals surface area contributed by atoms with Gasteiger partial charge in [-0.1, -0.05) is 0 Å². The van der Waals surface area contributed by atoms with Crippen molar-refractivity contribution in [3.05, 3.63) is 52.5 Å². The Labute approximate surface area is 143 Å². The fraction of sp³-hybridized carbons (Fsp3) is 0.312. The summed E-state index contributed by atoms with van der Waals surface area (Å²) in [4.78, 5) is 18.6. The zero-order valence-electron chi connectivity index (χ0n) is 13.7. The van der Waals surface area contributed by atoms with Crippen molar-refractivity contribution >= 4 is 20.6 Å². The minimum Gasteiger partial charge on any atom is -0.329 e. The summed E-state index contributed by atoms with van der Waals surface area (Å²) in [6.45, 7) is 1.40. The van der Waals surface area contributed by atoms with Crippen molar-refractivity contribution in [3.8, 4) is 5.69 Å². The number of nitrogens with one attached hydrogen (secondary N) is 1. The van der Waals surface area contributed by atoms with Crippen molar-refractivity contribution in [2.45, 2.75) is 25.3 Å². The number of aromatic amines is 1. The monoisotopic (exact) mass is 364 g/mol. The Hall–Kier alpha value is -2.55. The van der Waals surface area contributed by atoms with Crippen LogP contribution in [0.4, 0.5) is 4.39 Å². The molecule has 3 aromatic rings. The Morgan fingerprint density at radius 1 is 1.32 bits per heavy atom. The highest BCUT2D eigenvalue weighted by atomic mass is 32.2. The molecule has 2 heterocycles. The molecule has 1 aromatic carbocycles. The van der Waals surface area contributed by atoms with Crippen LogP contribution >= 0.6 is 0 Å². The molecule has 3 rings (SSSR count). The molecule has 132 valence electrons. The third kappa shape index (κ3) is 3.93. The van der Waals surface area contributed by atoms with Gasteiger partial charge in [0.2, 0.25) is 0 Å². The van der Waals surface area contributed by atoms with Crippen molar-refractivity contribution in [2.24, 2.45) is 0 Å². The summed E-state index contributed by atoms with van der Waals surface area (Å²) in [5.74, 6) is 0.128. The highest BCUT2D eigenvalue weighted by Gasteiger charge is 2.17. The van der Waals surface area contributed by atoms with E-state index in [1.165, 1.54) is 17.8 Å². The summed E-state index contributed by atoms with van der Waals surface area (Å²) in [6.07, 6.45) is 1.48. The summed E-state index contributed by atoms with van der Waals surface area (Å²) in [5, 5.41) is 5.43. The maximum Gasteiger partial charge on any atom is 0.255 e. The molecule has 0 aliphatic rings. The van der Waals surface area contributed by atoms with Gasteiger partial charge in [0, 0.05) is 24.3 Å². The lowest BCUT2D eigenvalue weighted by atomic mass is 10.1. The Bertz CT molecular complexity index is 1090. The van der Waals surface area contributed by atoms with Crippen molar-refractivity contribution < 1.29 is 12.8 Å². The number of nitrogens with zero attached hydrogens (tertiary/aromatic N) is 3. The van der Waals surface area contributed by atoms with Gasteiger partial charge in [0.05, 0.1) is 5.69 Å². The average molecular weight is 364 g/mol. The predicted molar refractivity (Wildman–Crippen MR) is 92.3 cm³/mol. The third-order valence-electron chi connectivity index (χ3n) is 3.57. The van der Waals surface area contributed by atoms with Crippen molar-refractivity contribution in [3.63, 3.8) is 0 Å². The fourth-order valence-electron chi connectivity index (χ4n) is 2.59. The number of halogens is 1. The number of aromatic nitrogens is 4. The molecule has 0 radical (unpaired) electrons. The SMILES string of the molecule is CC(F)Cc1nc(CS(C)(=O)=O)nn1-c1ccc2c(=O)[nH]ccc2c1. The van der Waals surface area contributed by atoms with Crippen LogP contribution in [-0.4, -0.2) is 40.6 Å². The molecular formula is C16H17FN4O3S. The first kappa shape index (κ1) is 17.3. The average Bonchev–Trinajstić information content (AvgIpc) is 2.86. The summed E-state index contributed by atoms with van der Waals surface area (Å²) in [7, 11) is -3.31. The van der Waals surface area contributed by atoms with E-state index in [1.807, 2.05) is 0 Å². The Morgan fingerprint density at radius 3 is 2.76 bits per heavy atom. The largest absolute Gasteiger partial charge is 0.329 e. The van der Waals surface area contributed by atoms with E-state index in [-0.39, 0.29) is 23.6 Å². The van der Waals surface area contributed by atoms with Crippen LogP contribution in [0.1, 0.15) is 18.6 Å². The molecule has 0 amide bonds. The Kier molecular flexibility index (Phi) is 4.42. The minimum absolute atomic E-state index is 0.00414.